The predicted molar refractivity (Wildman–Crippen MR) is 136 cm³/mol. The molecule has 3 N–H and O–H groups in total. The van der Waals surface area contributed by atoms with E-state index in [1.807, 2.05) is 6.07 Å². The number of nitrogens with zero attached hydrogens (tertiary/aromatic N) is 6. The number of rotatable bonds is 5. The topological polar surface area (TPSA) is 194 Å². The van der Waals surface area contributed by atoms with Crippen LogP contribution < -0.4 is 4.74 Å². The summed E-state index contributed by atoms with van der Waals surface area (Å²) in [5.41, 5.74) is 1.77. The van der Waals surface area contributed by atoms with Crippen molar-refractivity contribution in [3.63, 3.8) is 0 Å². The van der Waals surface area contributed by atoms with E-state index in [0.29, 0.717) is 17.0 Å². The number of hydrogen-bond donors (Lipinski definition) is 3. The van der Waals surface area contributed by atoms with E-state index >= 15 is 0 Å². The fourth-order valence-electron chi connectivity index (χ4n) is 3.31. The molecule has 0 amide bonds. The Bertz CT molecular complexity index is 1750. The van der Waals surface area contributed by atoms with Crippen LogP contribution in [0.25, 0.3) is 22.5 Å². The number of esters is 1. The van der Waals surface area contributed by atoms with Crippen molar-refractivity contribution in [3.05, 3.63) is 100 Å². The number of carboxylic acids is 1. The summed E-state index contributed by atoms with van der Waals surface area (Å²) in [4.78, 5) is 22.9. The molecule has 0 atom stereocenters. The van der Waals surface area contributed by atoms with Gasteiger partial charge in [-0.2, -0.15) is 31.1 Å². The summed E-state index contributed by atoms with van der Waals surface area (Å²) in [6, 6.07) is 19.8. The lowest BCUT2D eigenvalue weighted by Crippen LogP contribution is -2.09. The Morgan fingerprint density at radius 2 is 1.40 bits per heavy atom. The minimum Gasteiger partial charge on any atom is -0.478 e. The van der Waals surface area contributed by atoms with Gasteiger partial charge >= 0.3 is 11.9 Å². The number of ether oxygens (including phenoxy) is 1. The molecule has 5 rings (SSSR count). The highest BCUT2D eigenvalue weighted by molar-refractivity contribution is 6.33. The Hall–Kier alpha value is -5.92. The molecule has 0 saturated heterocycles. The number of aromatic amines is 2. The SMILES string of the molecule is N#Cc1n[nH]nc1-c1c(F)cccc1Cl.N#Cc1n[nH]nc1-c1ccc(OC(=O)c2ccc(C(=O)O)cc2)cc1. The number of carbonyl (C=O) groups excluding carboxylic acids is 1. The molecule has 196 valence electrons. The lowest BCUT2D eigenvalue weighted by atomic mass is 10.1. The zero-order chi connectivity index (χ0) is 28.6. The van der Waals surface area contributed by atoms with Gasteiger partial charge in [0.2, 0.25) is 0 Å². The molecule has 0 aliphatic rings. The summed E-state index contributed by atoms with van der Waals surface area (Å²) in [6.07, 6.45) is 0. The predicted octanol–water partition coefficient (Wildman–Crippen LogP) is 4.40. The maximum atomic E-state index is 13.5. The van der Waals surface area contributed by atoms with E-state index in [1.54, 1.807) is 30.3 Å². The highest BCUT2D eigenvalue weighted by atomic mass is 35.5. The van der Waals surface area contributed by atoms with Crippen molar-refractivity contribution in [1.29, 1.82) is 10.5 Å². The molecule has 2 aromatic heterocycles. The summed E-state index contributed by atoms with van der Waals surface area (Å²) in [6.45, 7) is 0. The second kappa shape index (κ2) is 12.1. The van der Waals surface area contributed by atoms with Crippen LogP contribution in [0.1, 0.15) is 32.1 Å². The highest BCUT2D eigenvalue weighted by Crippen LogP contribution is 2.30. The summed E-state index contributed by atoms with van der Waals surface area (Å²) < 4.78 is 18.7. The average Bonchev–Trinajstić information content (AvgIpc) is 3.63. The molecule has 0 aliphatic carbocycles. The fourth-order valence-corrected chi connectivity index (χ4v) is 3.57. The standard InChI is InChI=1S/C17H10N4O4.C9H4ClFN4/c18-9-14-15(20-21-19-14)10-5-7-13(8-6-10)25-17(24)12-3-1-11(2-4-12)16(22)23;10-5-2-1-3-6(11)8(5)9-7(4-12)13-15-14-9/h1-8H,(H,22,23)(H,19,20,21);1-3H,(H,13,14,15). The molecular formula is C26H14ClFN8O4. The molecular weight excluding hydrogens is 543 g/mol. The van der Waals surface area contributed by atoms with Gasteiger partial charge in [-0.15, -0.1) is 10.2 Å². The number of halogens is 2. The largest absolute Gasteiger partial charge is 0.478 e. The molecule has 14 heteroatoms. The number of nitrogens with one attached hydrogen (secondary N) is 2. The summed E-state index contributed by atoms with van der Waals surface area (Å²) in [5, 5.41) is 46.2. The van der Waals surface area contributed by atoms with Crippen molar-refractivity contribution in [1.82, 2.24) is 30.8 Å². The Morgan fingerprint density at radius 3 is 1.98 bits per heavy atom. The summed E-state index contributed by atoms with van der Waals surface area (Å²) >= 11 is 5.82. The molecule has 0 bridgehead atoms. The molecule has 3 aromatic carbocycles. The molecule has 0 spiro atoms. The van der Waals surface area contributed by atoms with Crippen LogP contribution in [0.4, 0.5) is 4.39 Å². The van der Waals surface area contributed by atoms with E-state index in [2.05, 4.69) is 30.8 Å². The number of nitriles is 2. The van der Waals surface area contributed by atoms with Crippen LogP contribution in [0, 0.1) is 28.5 Å². The van der Waals surface area contributed by atoms with Crippen molar-refractivity contribution >= 4 is 23.5 Å². The van der Waals surface area contributed by atoms with Crippen LogP contribution in [0.15, 0.2) is 66.7 Å². The summed E-state index contributed by atoms with van der Waals surface area (Å²) in [5.74, 6) is -1.91. The van der Waals surface area contributed by atoms with Gasteiger partial charge in [-0.25, -0.2) is 14.0 Å². The monoisotopic (exact) mass is 556 g/mol. The fraction of sp³-hybridized carbons (Fsp3) is 0. The third-order valence-electron chi connectivity index (χ3n) is 5.21. The van der Waals surface area contributed by atoms with Gasteiger partial charge in [0, 0.05) is 5.56 Å². The first-order chi connectivity index (χ1) is 19.3. The molecule has 0 radical (unpaired) electrons. The Labute approximate surface area is 229 Å². The quantitative estimate of drug-likeness (QED) is 0.206. The van der Waals surface area contributed by atoms with E-state index in [1.165, 1.54) is 42.5 Å². The van der Waals surface area contributed by atoms with E-state index in [0.717, 1.165) is 0 Å². The smallest absolute Gasteiger partial charge is 0.343 e. The molecule has 0 aliphatic heterocycles. The minimum atomic E-state index is -1.07. The van der Waals surface area contributed by atoms with Crippen molar-refractivity contribution in [3.8, 4) is 40.4 Å². The molecule has 12 nitrogen and oxygen atoms in total. The Morgan fingerprint density at radius 1 is 0.825 bits per heavy atom. The molecule has 0 saturated carbocycles. The van der Waals surface area contributed by atoms with Crippen LogP contribution in [-0.4, -0.2) is 47.9 Å². The van der Waals surface area contributed by atoms with E-state index < -0.39 is 17.8 Å². The van der Waals surface area contributed by atoms with Crippen LogP contribution in [-0.2, 0) is 0 Å². The van der Waals surface area contributed by atoms with Crippen LogP contribution >= 0.6 is 11.6 Å². The molecule has 0 fully saturated rings. The van der Waals surface area contributed by atoms with Crippen LogP contribution in [0.5, 0.6) is 5.75 Å². The third-order valence-corrected chi connectivity index (χ3v) is 5.53. The van der Waals surface area contributed by atoms with E-state index in [4.69, 9.17) is 32.0 Å². The number of hydrogen-bond acceptors (Lipinski definition) is 9. The zero-order valence-electron chi connectivity index (χ0n) is 20.0. The number of aromatic carboxylic acids is 1. The van der Waals surface area contributed by atoms with Gasteiger partial charge in [0.25, 0.3) is 0 Å². The van der Waals surface area contributed by atoms with Gasteiger partial charge in [-0.3, -0.25) is 0 Å². The normalized spacial score (nSPS) is 10.0. The van der Waals surface area contributed by atoms with Crippen molar-refractivity contribution in [2.24, 2.45) is 0 Å². The molecule has 5 aromatic rings. The molecule has 2 heterocycles. The van der Waals surface area contributed by atoms with E-state index in [-0.39, 0.29) is 38.8 Å². The maximum Gasteiger partial charge on any atom is 0.343 e. The van der Waals surface area contributed by atoms with Gasteiger partial charge in [0.1, 0.15) is 35.1 Å². The third kappa shape index (κ3) is 5.96. The van der Waals surface area contributed by atoms with Gasteiger partial charge in [0.15, 0.2) is 11.4 Å². The minimum absolute atomic E-state index is 0.0157. The summed E-state index contributed by atoms with van der Waals surface area (Å²) in [7, 11) is 0. The lowest BCUT2D eigenvalue weighted by molar-refractivity contribution is 0.0691. The maximum absolute atomic E-state index is 13.5. The van der Waals surface area contributed by atoms with Gasteiger partial charge in [-0.05, 0) is 60.7 Å². The second-order valence-corrected chi connectivity index (χ2v) is 8.07. The molecule has 0 unspecified atom stereocenters. The number of aromatic nitrogens is 6. The van der Waals surface area contributed by atoms with Gasteiger partial charge in [0.05, 0.1) is 21.7 Å². The molecule has 40 heavy (non-hydrogen) atoms. The first kappa shape index (κ1) is 27.1. The second-order valence-electron chi connectivity index (χ2n) is 7.66. The van der Waals surface area contributed by atoms with Gasteiger partial charge < -0.3 is 9.84 Å². The highest BCUT2D eigenvalue weighted by Gasteiger charge is 2.17. The average molecular weight is 557 g/mol. The van der Waals surface area contributed by atoms with Crippen LogP contribution in [0.2, 0.25) is 5.02 Å². The van der Waals surface area contributed by atoms with Crippen molar-refractivity contribution < 1.29 is 23.8 Å². The zero-order valence-corrected chi connectivity index (χ0v) is 20.7. The van der Waals surface area contributed by atoms with Crippen LogP contribution in [0.3, 0.4) is 0 Å². The van der Waals surface area contributed by atoms with Crippen molar-refractivity contribution in [2.75, 3.05) is 0 Å². The Balaban J connectivity index is 0.000000210. The van der Waals surface area contributed by atoms with Gasteiger partial charge in [-0.1, -0.05) is 17.7 Å². The first-order valence-corrected chi connectivity index (χ1v) is 11.4. The number of H-pyrrole nitrogens is 2. The van der Waals surface area contributed by atoms with E-state index in [9.17, 15) is 14.0 Å². The Kier molecular flexibility index (Phi) is 8.19. The number of carboxylic acid groups (broad SMARTS) is 1. The number of carbonyl (C=O) groups is 2. The van der Waals surface area contributed by atoms with Crippen molar-refractivity contribution in [2.45, 2.75) is 0 Å². The first-order valence-electron chi connectivity index (χ1n) is 11.0. The number of benzene rings is 3. The lowest BCUT2D eigenvalue weighted by Gasteiger charge is -2.05.